The molecular formula is C14H13F. The molecule has 15 heavy (non-hydrogen) atoms. The lowest BCUT2D eigenvalue weighted by Gasteiger charge is -1.95. The van der Waals surface area contributed by atoms with Gasteiger partial charge in [0.1, 0.15) is 5.82 Å². The number of rotatable bonds is 2. The Labute approximate surface area is 90.5 Å². The topological polar surface area (TPSA) is 0 Å². The molecule has 1 rings (SSSR count). The molecule has 0 saturated heterocycles. The van der Waals surface area contributed by atoms with E-state index >= 15 is 0 Å². The van der Waals surface area contributed by atoms with Crippen LogP contribution in [0.5, 0.6) is 0 Å². The average molecular weight is 200 g/mol. The number of terminal acetylenes is 1. The summed E-state index contributed by atoms with van der Waals surface area (Å²) < 4.78 is 13.3. The molecule has 0 atom stereocenters. The summed E-state index contributed by atoms with van der Waals surface area (Å²) >= 11 is 0. The van der Waals surface area contributed by atoms with Gasteiger partial charge >= 0.3 is 0 Å². The van der Waals surface area contributed by atoms with Crippen LogP contribution in [-0.4, -0.2) is 0 Å². The highest BCUT2D eigenvalue weighted by atomic mass is 19.1. The van der Waals surface area contributed by atoms with Crippen molar-refractivity contribution in [2.45, 2.75) is 26.2 Å². The van der Waals surface area contributed by atoms with Crippen LogP contribution in [0.4, 0.5) is 4.39 Å². The van der Waals surface area contributed by atoms with Gasteiger partial charge in [0.05, 0.1) is 5.56 Å². The normalized spacial score (nSPS) is 8.87. The first kappa shape index (κ1) is 11.3. The Kier molecular flexibility index (Phi) is 4.45. The molecule has 0 aromatic heterocycles. The van der Waals surface area contributed by atoms with Crippen molar-refractivity contribution in [3.63, 3.8) is 0 Å². The molecular weight excluding hydrogens is 187 g/mol. The van der Waals surface area contributed by atoms with Crippen molar-refractivity contribution < 1.29 is 4.39 Å². The molecule has 0 heterocycles. The summed E-state index contributed by atoms with van der Waals surface area (Å²) in [6, 6.07) is 4.67. The maximum atomic E-state index is 13.3. The monoisotopic (exact) mass is 200 g/mol. The van der Waals surface area contributed by atoms with E-state index in [2.05, 4.69) is 24.7 Å². The molecule has 0 aliphatic rings. The van der Waals surface area contributed by atoms with Gasteiger partial charge in [0.2, 0.25) is 0 Å². The third-order valence-electron chi connectivity index (χ3n) is 2.01. The number of benzene rings is 1. The summed E-state index contributed by atoms with van der Waals surface area (Å²) in [5.41, 5.74) is 0.969. The molecule has 1 aromatic rings. The second kappa shape index (κ2) is 5.89. The third kappa shape index (κ3) is 3.49. The Morgan fingerprint density at radius 3 is 2.80 bits per heavy atom. The summed E-state index contributed by atoms with van der Waals surface area (Å²) in [6.07, 6.45) is 8.13. The van der Waals surface area contributed by atoms with Crippen LogP contribution in [-0.2, 0) is 0 Å². The van der Waals surface area contributed by atoms with Crippen molar-refractivity contribution in [1.29, 1.82) is 0 Å². The number of hydrogen-bond acceptors (Lipinski definition) is 0. The van der Waals surface area contributed by atoms with E-state index in [0.717, 1.165) is 19.3 Å². The Hall–Kier alpha value is -1.73. The van der Waals surface area contributed by atoms with Crippen molar-refractivity contribution in [2.24, 2.45) is 0 Å². The molecule has 0 aliphatic carbocycles. The SMILES string of the molecule is C#Cc1ccc(C#CCCCC)c(F)c1. The fraction of sp³-hybridized carbons (Fsp3) is 0.286. The fourth-order valence-corrected chi connectivity index (χ4v) is 1.13. The summed E-state index contributed by atoms with van der Waals surface area (Å²) in [7, 11) is 0. The standard InChI is InChI=1S/C14H13F/c1-3-5-6-7-8-13-10-9-12(4-2)11-14(13)15/h2,9-11H,3,5-6H2,1H3. The maximum Gasteiger partial charge on any atom is 0.140 e. The zero-order valence-electron chi connectivity index (χ0n) is 8.81. The van der Waals surface area contributed by atoms with E-state index in [-0.39, 0.29) is 5.82 Å². The summed E-state index contributed by atoms with van der Waals surface area (Å²) in [5.74, 6) is 7.79. The van der Waals surface area contributed by atoms with Gasteiger partial charge in [-0.25, -0.2) is 4.39 Å². The zero-order chi connectivity index (χ0) is 11.1. The molecule has 0 fully saturated rings. The summed E-state index contributed by atoms with van der Waals surface area (Å²) in [5, 5.41) is 0. The second-order valence-corrected chi connectivity index (χ2v) is 3.24. The minimum absolute atomic E-state index is 0.338. The molecule has 0 amide bonds. The smallest absolute Gasteiger partial charge is 0.140 e. The van der Waals surface area contributed by atoms with Crippen molar-refractivity contribution in [3.8, 4) is 24.2 Å². The highest BCUT2D eigenvalue weighted by Gasteiger charge is 1.98. The largest absolute Gasteiger partial charge is 0.206 e. The second-order valence-electron chi connectivity index (χ2n) is 3.24. The fourth-order valence-electron chi connectivity index (χ4n) is 1.13. The highest BCUT2D eigenvalue weighted by molar-refractivity contribution is 5.42. The molecule has 0 radical (unpaired) electrons. The molecule has 0 spiro atoms. The van der Waals surface area contributed by atoms with E-state index in [9.17, 15) is 4.39 Å². The van der Waals surface area contributed by atoms with Gasteiger partial charge in [-0.1, -0.05) is 31.1 Å². The van der Waals surface area contributed by atoms with Crippen molar-refractivity contribution in [3.05, 3.63) is 35.1 Å². The molecule has 76 valence electrons. The van der Waals surface area contributed by atoms with Crippen LogP contribution < -0.4 is 0 Å². The molecule has 1 aromatic carbocycles. The molecule has 0 bridgehead atoms. The summed E-state index contributed by atoms with van der Waals surface area (Å²) in [4.78, 5) is 0. The molecule has 0 nitrogen and oxygen atoms in total. The van der Waals surface area contributed by atoms with Crippen LogP contribution in [0, 0.1) is 30.0 Å². The first-order chi connectivity index (χ1) is 7.27. The quantitative estimate of drug-likeness (QED) is 0.507. The van der Waals surface area contributed by atoms with E-state index < -0.39 is 0 Å². The van der Waals surface area contributed by atoms with Gasteiger partial charge in [-0.2, -0.15) is 0 Å². The van der Waals surface area contributed by atoms with Crippen LogP contribution in [0.3, 0.4) is 0 Å². The number of unbranched alkanes of at least 4 members (excludes halogenated alkanes) is 2. The van der Waals surface area contributed by atoms with Gasteiger partial charge in [-0.3, -0.25) is 0 Å². The number of hydrogen-bond donors (Lipinski definition) is 0. The van der Waals surface area contributed by atoms with E-state index in [0.29, 0.717) is 11.1 Å². The van der Waals surface area contributed by atoms with Gasteiger partial charge in [0.25, 0.3) is 0 Å². The van der Waals surface area contributed by atoms with Crippen molar-refractivity contribution in [1.82, 2.24) is 0 Å². The minimum atomic E-state index is -0.338. The van der Waals surface area contributed by atoms with Gasteiger partial charge in [0.15, 0.2) is 0 Å². The van der Waals surface area contributed by atoms with Crippen LogP contribution in [0.25, 0.3) is 0 Å². The molecule has 0 aliphatic heterocycles. The molecule has 1 heteroatoms. The first-order valence-corrected chi connectivity index (χ1v) is 5.03. The predicted octanol–water partition coefficient (Wildman–Crippen LogP) is 3.35. The van der Waals surface area contributed by atoms with E-state index in [1.165, 1.54) is 6.07 Å². The average Bonchev–Trinajstić information content (AvgIpc) is 2.26. The molecule has 0 N–H and O–H groups in total. The zero-order valence-corrected chi connectivity index (χ0v) is 8.81. The Morgan fingerprint density at radius 2 is 2.20 bits per heavy atom. The first-order valence-electron chi connectivity index (χ1n) is 5.03. The van der Waals surface area contributed by atoms with Gasteiger partial charge < -0.3 is 0 Å². The van der Waals surface area contributed by atoms with E-state index in [1.54, 1.807) is 12.1 Å². The highest BCUT2D eigenvalue weighted by Crippen LogP contribution is 2.08. The Balaban J connectivity index is 2.77. The van der Waals surface area contributed by atoms with Crippen molar-refractivity contribution >= 4 is 0 Å². The van der Waals surface area contributed by atoms with E-state index in [1.807, 2.05) is 0 Å². The van der Waals surface area contributed by atoms with E-state index in [4.69, 9.17) is 6.42 Å². The lowest BCUT2D eigenvalue weighted by Crippen LogP contribution is -1.85. The van der Waals surface area contributed by atoms with Crippen molar-refractivity contribution in [2.75, 3.05) is 0 Å². The maximum absolute atomic E-state index is 13.3. The minimum Gasteiger partial charge on any atom is -0.206 e. The Bertz CT molecular complexity index is 427. The lowest BCUT2D eigenvalue weighted by atomic mass is 10.1. The number of halogens is 1. The lowest BCUT2D eigenvalue weighted by molar-refractivity contribution is 0.624. The van der Waals surface area contributed by atoms with Crippen LogP contribution in [0.1, 0.15) is 37.3 Å². The molecule has 0 saturated carbocycles. The molecule has 0 unspecified atom stereocenters. The van der Waals surface area contributed by atoms with Crippen LogP contribution in [0.15, 0.2) is 18.2 Å². The predicted molar refractivity (Wildman–Crippen MR) is 60.7 cm³/mol. The van der Waals surface area contributed by atoms with Crippen LogP contribution >= 0.6 is 0 Å². The summed E-state index contributed by atoms with van der Waals surface area (Å²) in [6.45, 7) is 2.10. The Morgan fingerprint density at radius 1 is 1.40 bits per heavy atom. The van der Waals surface area contributed by atoms with Crippen LogP contribution in [0.2, 0.25) is 0 Å². The third-order valence-corrected chi connectivity index (χ3v) is 2.01. The van der Waals surface area contributed by atoms with Gasteiger partial charge in [0, 0.05) is 12.0 Å². The van der Waals surface area contributed by atoms with Gasteiger partial charge in [-0.05, 0) is 24.6 Å². The van der Waals surface area contributed by atoms with Gasteiger partial charge in [-0.15, -0.1) is 6.42 Å².